The lowest BCUT2D eigenvalue weighted by Crippen LogP contribution is -2.43. The van der Waals surface area contributed by atoms with Crippen molar-refractivity contribution in [1.29, 1.82) is 0 Å². The highest BCUT2D eigenvalue weighted by molar-refractivity contribution is 6.34. The first-order valence-electron chi connectivity index (χ1n) is 29.4. The molecular weight excluding hydrogens is 1160 g/mol. The van der Waals surface area contributed by atoms with Gasteiger partial charge in [0.2, 0.25) is 0 Å². The molecule has 6 saturated heterocycles. The van der Waals surface area contributed by atoms with E-state index in [2.05, 4.69) is 71.5 Å². The van der Waals surface area contributed by atoms with E-state index in [1.54, 1.807) is 24.3 Å². The molecule has 0 spiro atoms. The van der Waals surface area contributed by atoms with Crippen molar-refractivity contribution in [3.05, 3.63) is 130 Å². The Balaban J connectivity index is 0.000000149. The molecule has 14 rings (SSSR count). The van der Waals surface area contributed by atoms with Crippen LogP contribution in [-0.2, 0) is 25.5 Å². The number of likely N-dealkylation sites (tertiary alicyclic amines) is 1. The minimum absolute atomic E-state index is 0.0427. The molecule has 6 aliphatic heterocycles. The van der Waals surface area contributed by atoms with Gasteiger partial charge in [-0.25, -0.2) is 9.97 Å². The van der Waals surface area contributed by atoms with Crippen molar-refractivity contribution in [3.8, 4) is 56.8 Å². The number of imidazole rings is 2. The van der Waals surface area contributed by atoms with Gasteiger partial charge in [-0.2, -0.15) is 9.97 Å². The first kappa shape index (κ1) is 60.8. The van der Waals surface area contributed by atoms with E-state index in [-0.39, 0.29) is 87.1 Å². The Bertz CT molecular complexity index is 3610. The fourth-order valence-corrected chi connectivity index (χ4v) is 12.5. The molecule has 4 aromatic heterocycles. The van der Waals surface area contributed by atoms with Crippen LogP contribution in [0.5, 0.6) is 12.0 Å². The largest absolute Gasteiger partial charge is 0.456 e. The summed E-state index contributed by atoms with van der Waals surface area (Å²) < 4.78 is 34.5. The van der Waals surface area contributed by atoms with Crippen molar-refractivity contribution in [3.63, 3.8) is 0 Å². The number of benzene rings is 4. The molecule has 0 unspecified atom stereocenters. The average Bonchev–Trinajstić information content (AvgIpc) is 4.62. The zero-order valence-electron chi connectivity index (χ0n) is 47.6. The van der Waals surface area contributed by atoms with Crippen molar-refractivity contribution < 1.29 is 63.9 Å². The van der Waals surface area contributed by atoms with E-state index < -0.39 is 12.2 Å². The second kappa shape index (κ2) is 26.7. The number of aromatic amines is 2. The van der Waals surface area contributed by atoms with E-state index in [4.69, 9.17) is 66.8 Å². The van der Waals surface area contributed by atoms with E-state index >= 15 is 0 Å². The number of carbonyl (C=O) groups excluding carboxylic acids is 1. The SMILES string of the molecule is O=Cc1ccc(-c2ccc(-c3nc4nc(O[C@@H]5CO[C@H]6[C@@H]5OC[C@H]6O)[nH]c4cc3Cl)cc2)cc1.OCC1(CO)CCN(Cc2ccc(-c3ccc(-c4nc5nc(O[C@@H]6CO[C@H]7[C@@H]6OC[C@H]7O)[nH]c5cc4Cl)cc3)cc2)CC1.OCC1(CO)CCNCC1. The van der Waals surface area contributed by atoms with Gasteiger partial charge in [0.25, 0.3) is 12.0 Å². The Morgan fingerprint density at radius 3 is 1.33 bits per heavy atom. The maximum absolute atomic E-state index is 10.9. The highest BCUT2D eigenvalue weighted by Crippen LogP contribution is 2.37. The highest BCUT2D eigenvalue weighted by Gasteiger charge is 2.50. The number of carbonyl (C=O) groups is 1. The van der Waals surface area contributed by atoms with Crippen LogP contribution in [0, 0.1) is 10.8 Å². The van der Waals surface area contributed by atoms with E-state index in [0.29, 0.717) is 74.6 Å². The molecule has 0 bridgehead atoms. The number of nitrogens with one attached hydrogen (secondary N) is 3. The molecule has 4 aromatic carbocycles. The number of nitrogens with zero attached hydrogens (tertiary/aromatic N) is 5. The van der Waals surface area contributed by atoms with Gasteiger partial charge in [-0.15, -0.1) is 0 Å². The standard InChI is InChI=1S/C32H35ClN4O6.C25H20ClN3O5.C7H15NO2/c33-23-13-24-30(36-31(34-24)43-26-16-42-28-25(40)15-41-29(26)28)35-27(23)22-7-5-21(6-8-22)20-3-1-19(2-4-20)14-37-11-9-32(17-38,18-39)10-12-37;26-17-9-18-24(29-25(27-18)34-20-12-33-22-19(31)11-32-23(20)22)28-21(17)16-7-5-15(6-8-16)14-3-1-13(10-30)2-4-14;9-5-7(6-10)1-3-8-4-2-7/h1-8,13,25-26,28-29,38-40H,9-12,14-18H2,(H,34,35,36);1-10,19-20,22-23,31H,11-12H2,(H,27,28,29);8-10H,1-6H2/t25-,26-,28-,29-;19-,20-,22-,23-;/m11./s1. The summed E-state index contributed by atoms with van der Waals surface area (Å²) in [5.41, 5.74) is 10.9. The van der Waals surface area contributed by atoms with Crippen molar-refractivity contribution in [2.75, 3.05) is 79.0 Å². The fourth-order valence-electron chi connectivity index (χ4n) is 12.0. The highest BCUT2D eigenvalue weighted by atomic mass is 35.5. The zero-order valence-corrected chi connectivity index (χ0v) is 49.2. The molecule has 9 N–H and O–H groups in total. The lowest BCUT2D eigenvalue weighted by molar-refractivity contribution is -0.00316. The summed E-state index contributed by atoms with van der Waals surface area (Å²) in [6.45, 7) is 5.84. The van der Waals surface area contributed by atoms with Crippen LogP contribution >= 0.6 is 23.2 Å². The van der Waals surface area contributed by atoms with Crippen LogP contribution in [0.15, 0.2) is 109 Å². The van der Waals surface area contributed by atoms with E-state index in [0.717, 1.165) is 98.1 Å². The van der Waals surface area contributed by atoms with Gasteiger partial charge in [0, 0.05) is 34.1 Å². The molecular formula is C64H70Cl2N8O13. The number of pyridine rings is 2. The van der Waals surface area contributed by atoms with Gasteiger partial charge in [-0.05, 0) is 91.8 Å². The van der Waals surface area contributed by atoms with Gasteiger partial charge in [-0.1, -0.05) is 120 Å². The average molecular weight is 1230 g/mol. The number of hydrogen-bond donors (Lipinski definition) is 9. The van der Waals surface area contributed by atoms with E-state index in [1.807, 2.05) is 48.5 Å². The summed E-state index contributed by atoms with van der Waals surface area (Å²) in [5, 5.41) is 61.3. The van der Waals surface area contributed by atoms with Gasteiger partial charge in [-0.3, -0.25) is 9.69 Å². The molecule has 6 fully saturated rings. The molecule has 10 heterocycles. The number of hydrogen-bond acceptors (Lipinski definition) is 19. The third kappa shape index (κ3) is 13.3. The molecule has 0 radical (unpaired) electrons. The molecule has 87 heavy (non-hydrogen) atoms. The summed E-state index contributed by atoms with van der Waals surface area (Å²) in [7, 11) is 0. The molecule has 0 aliphatic carbocycles. The number of aldehydes is 1. The lowest BCUT2D eigenvalue weighted by Gasteiger charge is -2.39. The monoisotopic (exact) mass is 1230 g/mol. The Morgan fingerprint density at radius 1 is 0.529 bits per heavy atom. The number of H-pyrrole nitrogens is 2. The smallest absolute Gasteiger partial charge is 0.296 e. The van der Waals surface area contributed by atoms with Crippen LogP contribution in [0.1, 0.15) is 41.6 Å². The third-order valence-corrected chi connectivity index (χ3v) is 18.2. The number of ether oxygens (including phenoxy) is 6. The van der Waals surface area contributed by atoms with Crippen molar-refractivity contribution in [2.24, 2.45) is 10.8 Å². The van der Waals surface area contributed by atoms with Crippen LogP contribution in [0.3, 0.4) is 0 Å². The maximum Gasteiger partial charge on any atom is 0.296 e. The summed E-state index contributed by atoms with van der Waals surface area (Å²) in [6.07, 6.45) is 0.782. The second-order valence-corrected chi connectivity index (χ2v) is 24.2. The topological polar surface area (TPSA) is 292 Å². The van der Waals surface area contributed by atoms with Gasteiger partial charge in [0.1, 0.15) is 42.9 Å². The van der Waals surface area contributed by atoms with Gasteiger partial charge in [0.15, 0.2) is 23.5 Å². The van der Waals surface area contributed by atoms with Gasteiger partial charge >= 0.3 is 0 Å². The van der Waals surface area contributed by atoms with Crippen LogP contribution in [-0.4, -0.2) is 200 Å². The maximum atomic E-state index is 10.9. The van der Waals surface area contributed by atoms with Crippen molar-refractivity contribution in [2.45, 2.75) is 81.1 Å². The first-order chi connectivity index (χ1) is 42.3. The summed E-state index contributed by atoms with van der Waals surface area (Å²) in [6, 6.07) is 36.2. The van der Waals surface area contributed by atoms with Crippen molar-refractivity contribution >= 4 is 51.8 Å². The quantitative estimate of drug-likeness (QED) is 0.0500. The minimum Gasteiger partial charge on any atom is -0.456 e. The number of aromatic nitrogens is 6. The second-order valence-electron chi connectivity index (χ2n) is 23.4. The zero-order chi connectivity index (χ0) is 60.2. The van der Waals surface area contributed by atoms with Crippen LogP contribution in [0.4, 0.5) is 0 Å². The molecule has 21 nitrogen and oxygen atoms in total. The third-order valence-electron chi connectivity index (χ3n) is 17.6. The normalized spacial score (nSPS) is 24.6. The van der Waals surface area contributed by atoms with Crippen LogP contribution in [0.2, 0.25) is 10.0 Å². The molecule has 8 aromatic rings. The molecule has 0 saturated carbocycles. The molecule has 0 amide bonds. The number of aliphatic hydroxyl groups is 6. The number of aliphatic hydroxyl groups excluding tert-OH is 6. The number of halogens is 2. The fraction of sp³-hybridized carbons (Fsp3) is 0.422. The molecule has 6 aliphatic rings. The number of rotatable bonds is 15. The predicted octanol–water partition coefficient (Wildman–Crippen LogP) is 6.42. The molecule has 8 atom stereocenters. The Kier molecular flexibility index (Phi) is 18.6. The van der Waals surface area contributed by atoms with E-state index in [1.165, 1.54) is 5.56 Å². The Morgan fingerprint density at radius 2 is 0.920 bits per heavy atom. The van der Waals surface area contributed by atoms with Gasteiger partial charge in [0.05, 0.1) is 85.3 Å². The van der Waals surface area contributed by atoms with Gasteiger partial charge < -0.3 is 74.3 Å². The predicted molar refractivity (Wildman–Crippen MR) is 325 cm³/mol. The number of fused-ring (bicyclic) bond motifs is 4. The Labute approximate surface area is 511 Å². The van der Waals surface area contributed by atoms with Crippen LogP contribution in [0.25, 0.3) is 67.1 Å². The number of piperidine rings is 2. The summed E-state index contributed by atoms with van der Waals surface area (Å²) in [4.78, 5) is 37.8. The van der Waals surface area contributed by atoms with E-state index in [9.17, 15) is 25.2 Å². The molecule has 458 valence electrons. The Hall–Kier alpha value is -6.51. The first-order valence-corrected chi connectivity index (χ1v) is 30.1. The molecule has 23 heteroatoms. The lowest BCUT2D eigenvalue weighted by atomic mass is 9.80. The summed E-state index contributed by atoms with van der Waals surface area (Å²) >= 11 is 13.2. The summed E-state index contributed by atoms with van der Waals surface area (Å²) in [5.74, 6) is 0. The minimum atomic E-state index is -0.642. The van der Waals surface area contributed by atoms with Crippen molar-refractivity contribution in [1.82, 2.24) is 40.1 Å². The van der Waals surface area contributed by atoms with Crippen LogP contribution < -0.4 is 14.8 Å².